The Hall–Kier alpha value is -2.67. The number of rotatable bonds is 9. The van der Waals surface area contributed by atoms with E-state index in [2.05, 4.69) is 0 Å². The second-order valence-corrected chi connectivity index (χ2v) is 10.4. The van der Waals surface area contributed by atoms with Crippen LogP contribution in [0.25, 0.3) is 0 Å². The van der Waals surface area contributed by atoms with Crippen molar-refractivity contribution in [2.45, 2.75) is 37.5 Å². The van der Waals surface area contributed by atoms with E-state index in [0.29, 0.717) is 23.0 Å². The Morgan fingerprint density at radius 2 is 1.71 bits per heavy atom. The molecule has 3 fully saturated rings. The van der Waals surface area contributed by atoms with E-state index in [-0.39, 0.29) is 6.23 Å². The summed E-state index contributed by atoms with van der Waals surface area (Å²) in [4.78, 5) is 14.3. The highest BCUT2D eigenvalue weighted by molar-refractivity contribution is 7.10. The zero-order valence-electron chi connectivity index (χ0n) is 19.3. The third-order valence-corrected chi connectivity index (χ3v) is 8.46. The number of ether oxygens (including phenoxy) is 2. The molecule has 2 bridgehead atoms. The Kier molecular flexibility index (Phi) is 6.73. The highest BCUT2D eigenvalue weighted by Crippen LogP contribution is 2.41. The molecule has 1 N–H and O–H groups in total. The molecule has 5 nitrogen and oxygen atoms in total. The summed E-state index contributed by atoms with van der Waals surface area (Å²) < 4.78 is 12.9. The zero-order chi connectivity index (χ0) is 23.4. The van der Waals surface area contributed by atoms with Crippen LogP contribution in [0.3, 0.4) is 0 Å². The van der Waals surface area contributed by atoms with Crippen molar-refractivity contribution >= 4 is 17.3 Å². The van der Waals surface area contributed by atoms with E-state index in [4.69, 9.17) is 9.47 Å². The molecule has 1 unspecified atom stereocenters. The van der Waals surface area contributed by atoms with Crippen LogP contribution in [0.15, 0.2) is 78.2 Å². The lowest BCUT2D eigenvalue weighted by Gasteiger charge is -2.53. The van der Waals surface area contributed by atoms with Crippen LogP contribution in [0.5, 0.6) is 5.75 Å². The minimum Gasteiger partial charge on any atom is -0.493 e. The molecular weight excluding hydrogens is 446 g/mol. The molecule has 4 heterocycles. The molecule has 0 saturated carbocycles. The summed E-state index contributed by atoms with van der Waals surface area (Å²) in [5.41, 5.74) is -1.26. The van der Waals surface area contributed by atoms with Gasteiger partial charge in [-0.1, -0.05) is 54.6 Å². The first-order chi connectivity index (χ1) is 16.6. The number of esters is 1. The number of carbonyl (C=O) groups excluding carboxylic acids is 1. The van der Waals surface area contributed by atoms with Gasteiger partial charge in [0.25, 0.3) is 0 Å². The average molecular weight is 479 g/mol. The largest absolute Gasteiger partial charge is 0.493 e. The number of carbonyl (C=O) groups is 1. The van der Waals surface area contributed by atoms with Crippen LogP contribution in [-0.4, -0.2) is 48.0 Å². The molecule has 3 aliphatic heterocycles. The van der Waals surface area contributed by atoms with E-state index >= 15 is 0 Å². The fourth-order valence-electron chi connectivity index (χ4n) is 5.51. The second-order valence-electron chi connectivity index (χ2n) is 9.50. The smallest absolute Gasteiger partial charge is 0.353 e. The van der Waals surface area contributed by atoms with Crippen molar-refractivity contribution in [3.63, 3.8) is 0 Å². The predicted molar refractivity (Wildman–Crippen MR) is 132 cm³/mol. The van der Waals surface area contributed by atoms with E-state index in [9.17, 15) is 9.90 Å². The number of aliphatic hydroxyl groups is 1. The molecular formula is C28H32NO4S+. The molecule has 0 radical (unpaired) electrons. The molecule has 0 aliphatic carbocycles. The van der Waals surface area contributed by atoms with Crippen molar-refractivity contribution in [1.29, 1.82) is 0 Å². The van der Waals surface area contributed by atoms with Crippen molar-refractivity contribution < 1.29 is 23.9 Å². The fraction of sp³-hybridized carbons (Fsp3) is 0.393. The zero-order valence-corrected chi connectivity index (χ0v) is 20.2. The van der Waals surface area contributed by atoms with E-state index in [0.717, 1.165) is 42.7 Å². The molecule has 0 spiro atoms. The van der Waals surface area contributed by atoms with Crippen LogP contribution in [0.2, 0.25) is 0 Å². The first-order valence-electron chi connectivity index (χ1n) is 12.2. The summed E-state index contributed by atoms with van der Waals surface area (Å²) in [6, 6.07) is 22.7. The maximum atomic E-state index is 13.7. The van der Waals surface area contributed by atoms with Gasteiger partial charge in [-0.2, -0.15) is 0 Å². The highest BCUT2D eigenvalue weighted by atomic mass is 32.1. The second kappa shape index (κ2) is 9.90. The Labute approximate surface area is 205 Å². The van der Waals surface area contributed by atoms with E-state index in [1.807, 2.05) is 60.0 Å². The maximum absolute atomic E-state index is 13.7. The third-order valence-electron chi connectivity index (χ3n) is 7.48. The first-order valence-corrected chi connectivity index (χ1v) is 13.0. The summed E-state index contributed by atoms with van der Waals surface area (Å²) >= 11 is 1.37. The normalized spacial score (nSPS) is 25.4. The van der Waals surface area contributed by atoms with Gasteiger partial charge < -0.3 is 14.6 Å². The van der Waals surface area contributed by atoms with Gasteiger partial charge in [-0.25, -0.2) is 4.79 Å². The van der Waals surface area contributed by atoms with Gasteiger partial charge in [0.05, 0.1) is 31.1 Å². The molecule has 6 heteroatoms. The fourth-order valence-corrected chi connectivity index (χ4v) is 6.35. The average Bonchev–Trinajstić information content (AvgIpc) is 3.44. The molecule has 2 aromatic carbocycles. The van der Waals surface area contributed by atoms with Crippen molar-refractivity contribution in [3.8, 4) is 5.75 Å². The lowest BCUT2D eigenvalue weighted by Crippen LogP contribution is -2.66. The highest BCUT2D eigenvalue weighted by Gasteiger charge is 2.52. The molecule has 2 atom stereocenters. The number of quaternary nitrogens is 1. The summed E-state index contributed by atoms with van der Waals surface area (Å²) in [5, 5.41) is 13.6. The molecule has 34 heavy (non-hydrogen) atoms. The van der Waals surface area contributed by atoms with Crippen molar-refractivity contribution in [2.24, 2.45) is 5.92 Å². The van der Waals surface area contributed by atoms with E-state index in [1.165, 1.54) is 24.2 Å². The van der Waals surface area contributed by atoms with Crippen LogP contribution in [0.4, 0.5) is 0 Å². The predicted octanol–water partition coefficient (Wildman–Crippen LogP) is 4.95. The van der Waals surface area contributed by atoms with Gasteiger partial charge in [0, 0.05) is 31.2 Å². The SMILES string of the molecule is O=C(O[C@H]1CC2CC[N+]1(CCCOc1ccccc1)CC2)C(O)(c1ccccc1)c1cccs1. The van der Waals surface area contributed by atoms with Gasteiger partial charge in [-0.15, -0.1) is 11.3 Å². The van der Waals surface area contributed by atoms with Gasteiger partial charge in [-0.05, 0) is 29.5 Å². The van der Waals surface area contributed by atoms with Crippen LogP contribution in [-0.2, 0) is 15.1 Å². The maximum Gasteiger partial charge on any atom is 0.353 e. The Morgan fingerprint density at radius 1 is 1.00 bits per heavy atom. The number of piperidine rings is 3. The minimum absolute atomic E-state index is 0.230. The first kappa shape index (κ1) is 23.1. The monoisotopic (exact) mass is 478 g/mol. The van der Waals surface area contributed by atoms with E-state index in [1.54, 1.807) is 18.2 Å². The Balaban J connectivity index is 1.31. The quantitative estimate of drug-likeness (QED) is 0.269. The number of thiophene rings is 1. The summed E-state index contributed by atoms with van der Waals surface area (Å²) in [6.07, 6.45) is 3.86. The summed E-state index contributed by atoms with van der Waals surface area (Å²) in [7, 11) is 0. The molecule has 178 valence electrons. The number of fused-ring (bicyclic) bond motifs is 3. The standard InChI is InChI=1S/C28H32NO4S/c30-27(28(31,25-13-7-20-34-25)23-9-3-1-4-10-23)33-26-21-22-14-17-29(26,18-15-22)16-8-19-32-24-11-5-2-6-12-24/h1-7,9-13,20,22,26,31H,8,14-19,21H2/q+1/t22?,26-,28?,29?/m0/s1. The third kappa shape index (κ3) is 4.50. The van der Waals surface area contributed by atoms with Crippen LogP contribution >= 0.6 is 11.3 Å². The van der Waals surface area contributed by atoms with Gasteiger partial charge in [0.1, 0.15) is 5.75 Å². The number of para-hydroxylation sites is 1. The molecule has 6 rings (SSSR count). The molecule has 1 aromatic heterocycles. The minimum atomic E-state index is -1.80. The van der Waals surface area contributed by atoms with E-state index < -0.39 is 11.6 Å². The topological polar surface area (TPSA) is 55.8 Å². The van der Waals surface area contributed by atoms with Crippen molar-refractivity contribution in [2.75, 3.05) is 26.2 Å². The van der Waals surface area contributed by atoms with Gasteiger partial charge in [0.2, 0.25) is 11.8 Å². The van der Waals surface area contributed by atoms with Gasteiger partial charge >= 0.3 is 5.97 Å². The Bertz CT molecular complexity index is 1060. The van der Waals surface area contributed by atoms with Crippen LogP contribution in [0, 0.1) is 5.92 Å². The molecule has 3 aromatic rings. The Morgan fingerprint density at radius 3 is 2.38 bits per heavy atom. The van der Waals surface area contributed by atoms with Gasteiger partial charge in [-0.3, -0.25) is 4.48 Å². The van der Waals surface area contributed by atoms with Gasteiger partial charge in [0.15, 0.2) is 0 Å². The van der Waals surface area contributed by atoms with Crippen LogP contribution in [0.1, 0.15) is 36.1 Å². The molecule has 3 aliphatic rings. The number of benzene rings is 2. The molecule has 3 saturated heterocycles. The lowest BCUT2D eigenvalue weighted by atomic mass is 9.84. The van der Waals surface area contributed by atoms with Crippen LogP contribution < -0.4 is 4.74 Å². The van der Waals surface area contributed by atoms with Crippen molar-refractivity contribution in [3.05, 3.63) is 88.6 Å². The lowest BCUT2D eigenvalue weighted by molar-refractivity contribution is -0.984. The number of nitrogens with zero attached hydrogens (tertiary/aromatic N) is 1. The summed E-state index contributed by atoms with van der Waals surface area (Å²) in [6.45, 7) is 3.56. The molecule has 0 amide bonds. The number of hydrogen-bond donors (Lipinski definition) is 1. The summed E-state index contributed by atoms with van der Waals surface area (Å²) in [5.74, 6) is 0.897. The number of hydrogen-bond acceptors (Lipinski definition) is 5. The van der Waals surface area contributed by atoms with Crippen molar-refractivity contribution in [1.82, 2.24) is 0 Å².